The van der Waals surface area contributed by atoms with Gasteiger partial charge in [-0.3, -0.25) is 0 Å². The van der Waals surface area contributed by atoms with Crippen molar-refractivity contribution in [2.75, 3.05) is 13.2 Å². The number of nitrogens with zero attached hydrogens (tertiary/aromatic N) is 5. The van der Waals surface area contributed by atoms with Gasteiger partial charge < -0.3 is 14.2 Å². The lowest BCUT2D eigenvalue weighted by Gasteiger charge is -2.30. The summed E-state index contributed by atoms with van der Waals surface area (Å²) >= 11 is 5.85. The van der Waals surface area contributed by atoms with Crippen molar-refractivity contribution in [3.05, 3.63) is 53.1 Å². The van der Waals surface area contributed by atoms with Gasteiger partial charge in [0.2, 0.25) is 5.29 Å². The number of aromatic nitrogens is 2. The molecule has 6 nitrogen and oxygen atoms in total. The Morgan fingerprint density at radius 1 is 1.37 bits per heavy atom. The Hall–Kier alpha value is -2.88. The van der Waals surface area contributed by atoms with Crippen LogP contribution in [0.3, 0.4) is 0 Å². The Morgan fingerprint density at radius 3 is 2.70 bits per heavy atom. The number of alkyl halides is 3. The minimum absolute atomic E-state index is 0.0254. The summed E-state index contributed by atoms with van der Waals surface area (Å²) in [6.45, 7) is 6.22. The molecule has 0 amide bonds. The molecule has 0 saturated heterocycles. The highest BCUT2D eigenvalue weighted by Crippen LogP contribution is 2.32. The topological polar surface area (TPSA) is 55.0 Å². The summed E-state index contributed by atoms with van der Waals surface area (Å²) in [5, 5.41) is -0.0587. The number of hydrogen-bond acceptors (Lipinski definition) is 4. The SMILES string of the molecule is C=N/C(Cl)=N\C1=C(C)OCCN1Cc1ccc(-c2nc(C(F)(F)F)cn2C)c(F)c1. The Balaban J connectivity index is 1.88. The van der Waals surface area contributed by atoms with Crippen molar-refractivity contribution in [3.63, 3.8) is 0 Å². The molecule has 0 radical (unpaired) electrons. The van der Waals surface area contributed by atoms with E-state index in [0.717, 1.165) is 10.8 Å². The molecule has 0 atom stereocenters. The molecule has 0 spiro atoms. The number of ether oxygens (including phenoxy) is 1. The molecule has 1 aliphatic heterocycles. The molecule has 160 valence electrons. The predicted octanol–water partition coefficient (Wildman–Crippen LogP) is 4.56. The highest BCUT2D eigenvalue weighted by atomic mass is 35.5. The molecule has 1 aromatic carbocycles. The third-order valence-electron chi connectivity index (χ3n) is 4.44. The molecule has 2 aromatic rings. The van der Waals surface area contributed by atoms with Crippen molar-refractivity contribution in [2.24, 2.45) is 17.0 Å². The van der Waals surface area contributed by atoms with E-state index in [1.807, 2.05) is 4.90 Å². The lowest BCUT2D eigenvalue weighted by atomic mass is 10.1. The lowest BCUT2D eigenvalue weighted by molar-refractivity contribution is -0.140. The van der Waals surface area contributed by atoms with Crippen LogP contribution in [-0.2, 0) is 24.5 Å². The first-order valence-electron chi connectivity index (χ1n) is 8.79. The predicted molar refractivity (Wildman–Crippen MR) is 106 cm³/mol. The summed E-state index contributed by atoms with van der Waals surface area (Å²) < 4.78 is 60.0. The molecule has 30 heavy (non-hydrogen) atoms. The maximum absolute atomic E-state index is 14.8. The van der Waals surface area contributed by atoms with Crippen LogP contribution in [-0.4, -0.2) is 39.6 Å². The average molecular weight is 444 g/mol. The van der Waals surface area contributed by atoms with Crippen LogP contribution in [0.1, 0.15) is 18.2 Å². The van der Waals surface area contributed by atoms with Crippen LogP contribution in [0.4, 0.5) is 17.6 Å². The van der Waals surface area contributed by atoms with Gasteiger partial charge in [0.05, 0.1) is 12.1 Å². The van der Waals surface area contributed by atoms with E-state index in [0.29, 0.717) is 30.3 Å². The van der Waals surface area contributed by atoms with Gasteiger partial charge in [0, 0.05) is 19.8 Å². The first-order valence-corrected chi connectivity index (χ1v) is 9.17. The van der Waals surface area contributed by atoms with E-state index in [4.69, 9.17) is 16.3 Å². The number of benzene rings is 1. The van der Waals surface area contributed by atoms with Crippen LogP contribution < -0.4 is 0 Å². The molecule has 1 aliphatic rings. The quantitative estimate of drug-likeness (QED) is 0.301. The Bertz CT molecular complexity index is 1030. The van der Waals surface area contributed by atoms with Gasteiger partial charge in [-0.15, -0.1) is 0 Å². The fraction of sp³-hybridized carbons (Fsp3) is 0.316. The maximum Gasteiger partial charge on any atom is 0.434 e. The standard InChI is InChI=1S/C19H18ClF4N5O/c1-11-16(27-18(20)25-2)29(6-7-30-11)9-12-4-5-13(14(21)8-12)17-26-15(10-28(17)3)19(22,23)24/h4-5,8,10H,2,6-7,9H2,1,3H3/b27-18-. The van der Waals surface area contributed by atoms with Crippen molar-refractivity contribution >= 4 is 23.6 Å². The van der Waals surface area contributed by atoms with Gasteiger partial charge in [-0.05, 0) is 42.9 Å². The highest BCUT2D eigenvalue weighted by molar-refractivity contribution is 6.65. The lowest BCUT2D eigenvalue weighted by Crippen LogP contribution is -2.31. The number of amidine groups is 1. The average Bonchev–Trinajstić information content (AvgIpc) is 3.06. The van der Waals surface area contributed by atoms with Gasteiger partial charge in [-0.2, -0.15) is 18.2 Å². The number of hydrogen-bond donors (Lipinski definition) is 0. The smallest absolute Gasteiger partial charge is 0.434 e. The molecule has 2 heterocycles. The zero-order valence-corrected chi connectivity index (χ0v) is 16.9. The number of aryl methyl sites for hydroxylation is 1. The van der Waals surface area contributed by atoms with E-state index in [2.05, 4.69) is 21.7 Å². The van der Waals surface area contributed by atoms with Crippen molar-refractivity contribution in [3.8, 4) is 11.4 Å². The van der Waals surface area contributed by atoms with E-state index in [1.54, 1.807) is 13.0 Å². The van der Waals surface area contributed by atoms with E-state index in [-0.39, 0.29) is 23.2 Å². The summed E-state index contributed by atoms with van der Waals surface area (Å²) in [6.07, 6.45) is -3.78. The van der Waals surface area contributed by atoms with Crippen LogP contribution in [0.2, 0.25) is 0 Å². The van der Waals surface area contributed by atoms with Gasteiger partial charge in [0.25, 0.3) is 0 Å². The van der Waals surface area contributed by atoms with Gasteiger partial charge in [0.15, 0.2) is 11.5 Å². The summed E-state index contributed by atoms with van der Waals surface area (Å²) in [6, 6.07) is 4.29. The summed E-state index contributed by atoms with van der Waals surface area (Å²) in [4.78, 5) is 13.1. The molecule has 0 N–H and O–H groups in total. The van der Waals surface area contributed by atoms with Crippen LogP contribution >= 0.6 is 11.6 Å². The van der Waals surface area contributed by atoms with Crippen LogP contribution in [0.25, 0.3) is 11.4 Å². The van der Waals surface area contributed by atoms with Crippen molar-refractivity contribution in [1.29, 1.82) is 0 Å². The molecule has 0 bridgehead atoms. The van der Waals surface area contributed by atoms with Crippen molar-refractivity contribution < 1.29 is 22.3 Å². The minimum Gasteiger partial charge on any atom is -0.493 e. The number of halogens is 5. The fourth-order valence-corrected chi connectivity index (χ4v) is 3.12. The largest absolute Gasteiger partial charge is 0.493 e. The molecule has 0 unspecified atom stereocenters. The molecule has 11 heteroatoms. The maximum atomic E-state index is 14.8. The van der Waals surface area contributed by atoms with E-state index < -0.39 is 17.7 Å². The number of imidazole rings is 1. The Kier molecular flexibility index (Phi) is 6.16. The third kappa shape index (κ3) is 4.64. The molecule has 0 fully saturated rings. The summed E-state index contributed by atoms with van der Waals surface area (Å²) in [5.41, 5.74) is -0.512. The molecule has 3 rings (SSSR count). The van der Waals surface area contributed by atoms with Gasteiger partial charge in [-0.25, -0.2) is 14.4 Å². The summed E-state index contributed by atoms with van der Waals surface area (Å²) in [7, 11) is 1.38. The number of aliphatic imine (C=N–C) groups is 2. The van der Waals surface area contributed by atoms with Gasteiger partial charge >= 0.3 is 6.18 Å². The monoisotopic (exact) mass is 443 g/mol. The number of allylic oxidation sites excluding steroid dienone is 1. The summed E-state index contributed by atoms with van der Waals surface area (Å²) in [5.74, 6) is 0.192. The molecular formula is C19H18ClF4N5O. The fourth-order valence-electron chi connectivity index (χ4n) is 3.04. The number of rotatable bonds is 4. The molecule has 1 aromatic heterocycles. The Labute approximate surface area is 175 Å². The molecule has 0 saturated carbocycles. The van der Waals surface area contributed by atoms with Crippen LogP contribution in [0, 0.1) is 5.82 Å². The van der Waals surface area contributed by atoms with E-state index in [1.165, 1.54) is 19.2 Å². The second-order valence-electron chi connectivity index (χ2n) is 6.56. The first kappa shape index (κ1) is 21.8. The van der Waals surface area contributed by atoms with Crippen molar-refractivity contribution in [1.82, 2.24) is 14.5 Å². The first-order chi connectivity index (χ1) is 14.1. The van der Waals surface area contributed by atoms with Gasteiger partial charge in [-0.1, -0.05) is 6.07 Å². The van der Waals surface area contributed by atoms with Crippen molar-refractivity contribution in [2.45, 2.75) is 19.6 Å². The third-order valence-corrected chi connectivity index (χ3v) is 4.64. The zero-order chi connectivity index (χ0) is 22.1. The van der Waals surface area contributed by atoms with Crippen LogP contribution in [0.15, 0.2) is 46.0 Å². The minimum atomic E-state index is -4.61. The Morgan fingerprint density at radius 2 is 2.10 bits per heavy atom. The molecular weight excluding hydrogens is 426 g/mol. The highest BCUT2D eigenvalue weighted by Gasteiger charge is 2.34. The van der Waals surface area contributed by atoms with Gasteiger partial charge in [0.1, 0.15) is 24.0 Å². The van der Waals surface area contributed by atoms with E-state index >= 15 is 0 Å². The molecule has 0 aliphatic carbocycles. The normalized spacial score (nSPS) is 15.4. The second-order valence-corrected chi connectivity index (χ2v) is 6.90. The zero-order valence-electron chi connectivity index (χ0n) is 16.2. The van der Waals surface area contributed by atoms with E-state index in [9.17, 15) is 17.6 Å². The van der Waals surface area contributed by atoms with Crippen LogP contribution in [0.5, 0.6) is 0 Å². The second kappa shape index (κ2) is 8.47.